The Labute approximate surface area is 184 Å². The summed E-state index contributed by atoms with van der Waals surface area (Å²) in [6, 6.07) is 11.9. The second-order valence-electron chi connectivity index (χ2n) is 8.19. The van der Waals surface area contributed by atoms with Crippen molar-refractivity contribution in [1.82, 2.24) is 15.1 Å². The summed E-state index contributed by atoms with van der Waals surface area (Å²) in [6.45, 7) is 2.02. The minimum absolute atomic E-state index is 0.0316. The largest absolute Gasteiger partial charge is 0.497 e. The number of alkyl halides is 3. The Morgan fingerprint density at radius 1 is 1.03 bits per heavy atom. The molecular formula is C23H26F3N3O3. The quantitative estimate of drug-likeness (QED) is 0.618. The lowest BCUT2D eigenvalue weighted by Gasteiger charge is -2.24. The molecule has 0 aromatic heterocycles. The molecule has 0 radical (unpaired) electrons. The molecule has 3 rings (SSSR count). The van der Waals surface area contributed by atoms with Crippen LogP contribution in [0.1, 0.15) is 30.0 Å². The molecule has 2 aromatic rings. The molecule has 0 bridgehead atoms. The number of benzene rings is 2. The van der Waals surface area contributed by atoms with Gasteiger partial charge in [0, 0.05) is 6.54 Å². The number of hydrogen-bond acceptors (Lipinski definition) is 4. The molecule has 1 unspecified atom stereocenters. The summed E-state index contributed by atoms with van der Waals surface area (Å²) in [5.74, 6) is 0.419. The van der Waals surface area contributed by atoms with E-state index in [0.717, 1.165) is 28.3 Å². The average Bonchev–Trinajstić information content (AvgIpc) is 2.95. The third-order valence-corrected chi connectivity index (χ3v) is 5.53. The number of imide groups is 1. The molecular weight excluding hydrogens is 423 g/mol. The van der Waals surface area contributed by atoms with Crippen LogP contribution in [0.4, 0.5) is 18.0 Å². The molecule has 1 aliphatic heterocycles. The third-order valence-electron chi connectivity index (χ3n) is 5.53. The summed E-state index contributed by atoms with van der Waals surface area (Å²) in [4.78, 5) is 28.3. The van der Waals surface area contributed by atoms with E-state index in [2.05, 4.69) is 5.32 Å². The fraction of sp³-hybridized carbons (Fsp3) is 0.391. The van der Waals surface area contributed by atoms with E-state index in [-0.39, 0.29) is 19.1 Å². The van der Waals surface area contributed by atoms with E-state index in [1.54, 1.807) is 26.0 Å². The van der Waals surface area contributed by atoms with Gasteiger partial charge in [0.2, 0.25) is 0 Å². The van der Waals surface area contributed by atoms with E-state index in [1.807, 2.05) is 24.3 Å². The highest BCUT2D eigenvalue weighted by atomic mass is 19.4. The molecule has 1 fully saturated rings. The predicted molar refractivity (Wildman–Crippen MR) is 113 cm³/mol. The first-order chi connectivity index (χ1) is 15.0. The molecule has 1 heterocycles. The number of methoxy groups -OCH3 is 1. The van der Waals surface area contributed by atoms with Crippen molar-refractivity contribution in [3.05, 3.63) is 65.2 Å². The summed E-state index contributed by atoms with van der Waals surface area (Å²) < 4.78 is 43.3. The predicted octanol–water partition coefficient (Wildman–Crippen LogP) is 4.05. The van der Waals surface area contributed by atoms with Crippen molar-refractivity contribution in [2.24, 2.45) is 0 Å². The maximum absolute atomic E-state index is 13.0. The van der Waals surface area contributed by atoms with E-state index in [0.29, 0.717) is 18.4 Å². The van der Waals surface area contributed by atoms with Gasteiger partial charge >= 0.3 is 12.2 Å². The SMILES string of the molecule is COc1ccc(CCC2(C)NC(=O)N(CN(C)Cc3ccc(C(F)(F)F)cc3)C2=O)cc1. The molecule has 3 amide bonds. The first kappa shape index (κ1) is 23.6. The summed E-state index contributed by atoms with van der Waals surface area (Å²) in [7, 11) is 3.29. The van der Waals surface area contributed by atoms with Gasteiger partial charge in [0.15, 0.2) is 0 Å². The number of ether oxygens (including phenoxy) is 1. The molecule has 0 spiro atoms. The highest BCUT2D eigenvalue weighted by Gasteiger charge is 2.47. The van der Waals surface area contributed by atoms with Crippen LogP contribution in [0.2, 0.25) is 0 Å². The van der Waals surface area contributed by atoms with Crippen LogP contribution in [0.5, 0.6) is 5.75 Å². The second-order valence-corrected chi connectivity index (χ2v) is 8.19. The van der Waals surface area contributed by atoms with Crippen LogP contribution in [0.25, 0.3) is 0 Å². The van der Waals surface area contributed by atoms with Crippen LogP contribution in [-0.4, -0.2) is 48.1 Å². The van der Waals surface area contributed by atoms with E-state index >= 15 is 0 Å². The normalized spacial score (nSPS) is 18.9. The summed E-state index contributed by atoms with van der Waals surface area (Å²) in [6.07, 6.45) is -3.36. The van der Waals surface area contributed by atoms with Gasteiger partial charge in [-0.3, -0.25) is 9.69 Å². The fourth-order valence-electron chi connectivity index (χ4n) is 3.63. The highest BCUT2D eigenvalue weighted by Crippen LogP contribution is 2.29. The monoisotopic (exact) mass is 449 g/mol. The van der Waals surface area contributed by atoms with Gasteiger partial charge < -0.3 is 10.1 Å². The van der Waals surface area contributed by atoms with Crippen molar-refractivity contribution in [3.63, 3.8) is 0 Å². The van der Waals surface area contributed by atoms with Crippen LogP contribution in [0.3, 0.4) is 0 Å². The molecule has 172 valence electrons. The standard InChI is InChI=1S/C23H26F3N3O3/c1-22(13-12-16-6-10-19(32-3)11-7-16)20(30)29(21(31)27-22)15-28(2)14-17-4-8-18(9-5-17)23(24,25)26/h4-11H,12-15H2,1-3H3,(H,27,31). The average molecular weight is 449 g/mol. The number of aryl methyl sites for hydroxylation is 1. The summed E-state index contributed by atoms with van der Waals surface area (Å²) in [5.41, 5.74) is -0.0703. The topological polar surface area (TPSA) is 61.9 Å². The number of hydrogen-bond donors (Lipinski definition) is 1. The van der Waals surface area contributed by atoms with Gasteiger partial charge in [-0.15, -0.1) is 0 Å². The lowest BCUT2D eigenvalue weighted by atomic mass is 9.93. The Morgan fingerprint density at radius 2 is 1.62 bits per heavy atom. The zero-order valence-electron chi connectivity index (χ0n) is 18.2. The minimum atomic E-state index is -4.39. The number of halogens is 3. The summed E-state index contributed by atoms with van der Waals surface area (Å²) >= 11 is 0. The molecule has 0 aliphatic carbocycles. The number of amides is 3. The number of rotatable bonds is 8. The molecule has 32 heavy (non-hydrogen) atoms. The van der Waals surface area contributed by atoms with Crippen molar-refractivity contribution in [2.75, 3.05) is 20.8 Å². The molecule has 1 aliphatic rings. The number of nitrogens with zero attached hydrogens (tertiary/aromatic N) is 2. The Morgan fingerprint density at radius 3 is 2.19 bits per heavy atom. The number of urea groups is 1. The van der Waals surface area contributed by atoms with Crippen LogP contribution >= 0.6 is 0 Å². The number of carbonyl (C=O) groups excluding carboxylic acids is 2. The Hall–Kier alpha value is -3.07. The van der Waals surface area contributed by atoms with Crippen molar-refractivity contribution in [1.29, 1.82) is 0 Å². The molecule has 1 saturated heterocycles. The molecule has 6 nitrogen and oxygen atoms in total. The lowest BCUT2D eigenvalue weighted by Crippen LogP contribution is -2.45. The molecule has 2 aromatic carbocycles. The van der Waals surface area contributed by atoms with Gasteiger partial charge in [-0.1, -0.05) is 24.3 Å². The van der Waals surface area contributed by atoms with Gasteiger partial charge in [0.05, 0.1) is 19.3 Å². The van der Waals surface area contributed by atoms with E-state index in [4.69, 9.17) is 4.74 Å². The molecule has 9 heteroatoms. The molecule has 1 atom stereocenters. The second kappa shape index (κ2) is 9.20. The molecule has 0 saturated carbocycles. The third kappa shape index (κ3) is 5.40. The first-order valence-corrected chi connectivity index (χ1v) is 10.1. The first-order valence-electron chi connectivity index (χ1n) is 10.1. The maximum Gasteiger partial charge on any atom is 0.416 e. The van der Waals surface area contributed by atoms with Crippen LogP contribution in [0.15, 0.2) is 48.5 Å². The van der Waals surface area contributed by atoms with E-state index in [9.17, 15) is 22.8 Å². The van der Waals surface area contributed by atoms with Crippen molar-refractivity contribution < 1.29 is 27.5 Å². The van der Waals surface area contributed by atoms with Crippen molar-refractivity contribution in [3.8, 4) is 5.75 Å². The van der Waals surface area contributed by atoms with E-state index in [1.165, 1.54) is 12.1 Å². The smallest absolute Gasteiger partial charge is 0.416 e. The fourth-order valence-corrected chi connectivity index (χ4v) is 3.63. The van der Waals surface area contributed by atoms with Gasteiger partial charge in [-0.25, -0.2) is 9.69 Å². The van der Waals surface area contributed by atoms with Gasteiger partial charge in [0.25, 0.3) is 5.91 Å². The van der Waals surface area contributed by atoms with Crippen LogP contribution < -0.4 is 10.1 Å². The number of carbonyl (C=O) groups is 2. The van der Waals surface area contributed by atoms with Crippen molar-refractivity contribution >= 4 is 11.9 Å². The Bertz CT molecular complexity index is 961. The Balaban J connectivity index is 1.58. The van der Waals surface area contributed by atoms with E-state index < -0.39 is 23.3 Å². The highest BCUT2D eigenvalue weighted by molar-refractivity contribution is 6.06. The minimum Gasteiger partial charge on any atom is -0.497 e. The Kier molecular flexibility index (Phi) is 6.78. The van der Waals surface area contributed by atoms with Gasteiger partial charge in [-0.05, 0) is 62.2 Å². The summed E-state index contributed by atoms with van der Waals surface area (Å²) in [5, 5.41) is 2.78. The molecule has 1 N–H and O–H groups in total. The van der Waals surface area contributed by atoms with Crippen LogP contribution in [0, 0.1) is 0 Å². The van der Waals surface area contributed by atoms with Gasteiger partial charge in [0.1, 0.15) is 11.3 Å². The van der Waals surface area contributed by atoms with Crippen molar-refractivity contribution in [2.45, 2.75) is 38.0 Å². The van der Waals surface area contributed by atoms with Gasteiger partial charge in [-0.2, -0.15) is 13.2 Å². The van der Waals surface area contributed by atoms with Crippen LogP contribution in [-0.2, 0) is 23.9 Å². The number of nitrogens with one attached hydrogen (secondary N) is 1. The zero-order valence-corrected chi connectivity index (χ0v) is 18.2. The maximum atomic E-state index is 13.0. The zero-order chi connectivity index (χ0) is 23.5. The lowest BCUT2D eigenvalue weighted by molar-refractivity contribution is -0.137.